The largest absolute Gasteiger partial charge is 0.379 e. The van der Waals surface area contributed by atoms with Crippen LogP contribution in [-0.2, 0) is 15.9 Å². The van der Waals surface area contributed by atoms with Crippen molar-refractivity contribution in [2.24, 2.45) is 11.7 Å². The number of nitrogens with one attached hydrogen (secondary N) is 1. The second kappa shape index (κ2) is 26.6. The molecule has 170 valence electrons. The van der Waals surface area contributed by atoms with Crippen molar-refractivity contribution < 1.29 is 9.47 Å². The van der Waals surface area contributed by atoms with E-state index in [1.54, 1.807) is 7.11 Å². The van der Waals surface area contributed by atoms with E-state index in [-0.39, 0.29) is 6.04 Å². The maximum absolute atomic E-state index is 6.08. The first-order valence-corrected chi connectivity index (χ1v) is 11.1. The molecule has 2 atom stereocenters. The summed E-state index contributed by atoms with van der Waals surface area (Å²) < 4.78 is 10.0. The van der Waals surface area contributed by atoms with Gasteiger partial charge in [-0.25, -0.2) is 0 Å². The van der Waals surface area contributed by atoms with E-state index in [0.717, 1.165) is 45.6 Å². The fraction of sp³-hybridized carbons (Fsp3) is 0.680. The number of hydrogen-bond acceptors (Lipinski definition) is 4. The van der Waals surface area contributed by atoms with Crippen LogP contribution >= 0.6 is 0 Å². The highest BCUT2D eigenvalue weighted by Gasteiger charge is 2.12. The average molecular weight is 409 g/mol. The predicted octanol–water partition coefficient (Wildman–Crippen LogP) is 4.92. The molecule has 1 fully saturated rings. The molecular weight excluding hydrogens is 360 g/mol. The molecule has 1 aromatic carbocycles. The summed E-state index contributed by atoms with van der Waals surface area (Å²) in [5.41, 5.74) is 7.41. The van der Waals surface area contributed by atoms with Crippen LogP contribution in [0.2, 0.25) is 0 Å². The summed E-state index contributed by atoms with van der Waals surface area (Å²) in [7, 11) is 1.72. The summed E-state index contributed by atoms with van der Waals surface area (Å²) in [6, 6.07) is 10.7. The van der Waals surface area contributed by atoms with Crippen LogP contribution in [0.15, 0.2) is 30.3 Å². The number of rotatable bonds is 8. The molecule has 4 nitrogen and oxygen atoms in total. The maximum atomic E-state index is 6.08. The summed E-state index contributed by atoms with van der Waals surface area (Å²) in [5, 5.41) is 3.42. The van der Waals surface area contributed by atoms with Gasteiger partial charge in [0.05, 0.1) is 12.7 Å². The molecule has 1 unspecified atom stereocenters. The Balaban J connectivity index is -0.000000432. The SMILES string of the molecule is C#C.CC.CC.CC(C)CNCC[C@@H](N)Cc1ccccc1.COC1CCOC1. The lowest BCUT2D eigenvalue weighted by molar-refractivity contribution is 0.0822. The Bertz CT molecular complexity index is 415. The van der Waals surface area contributed by atoms with E-state index in [1.807, 2.05) is 33.8 Å². The van der Waals surface area contributed by atoms with Crippen LogP contribution in [0.25, 0.3) is 0 Å². The van der Waals surface area contributed by atoms with E-state index in [1.165, 1.54) is 5.56 Å². The number of nitrogens with two attached hydrogens (primary N) is 1. The summed E-state index contributed by atoms with van der Waals surface area (Å²) in [5.74, 6) is 0.713. The van der Waals surface area contributed by atoms with Gasteiger partial charge in [-0.3, -0.25) is 0 Å². The molecule has 2 rings (SSSR count). The lowest BCUT2D eigenvalue weighted by atomic mass is 10.0. The zero-order valence-electron chi connectivity index (χ0n) is 20.1. The smallest absolute Gasteiger partial charge is 0.0826 e. The number of terminal acetylenes is 1. The molecule has 4 heteroatoms. The van der Waals surface area contributed by atoms with E-state index in [0.29, 0.717) is 12.0 Å². The van der Waals surface area contributed by atoms with Gasteiger partial charge in [-0.2, -0.15) is 0 Å². The molecular formula is C25H48N2O2. The van der Waals surface area contributed by atoms with Crippen LogP contribution in [-0.4, -0.2) is 45.6 Å². The van der Waals surface area contributed by atoms with Crippen LogP contribution < -0.4 is 11.1 Å². The zero-order chi connectivity index (χ0) is 22.9. The molecule has 1 aliphatic rings. The molecule has 1 aliphatic heterocycles. The highest BCUT2D eigenvalue weighted by Crippen LogP contribution is 2.05. The van der Waals surface area contributed by atoms with Crippen molar-refractivity contribution in [3.8, 4) is 12.8 Å². The third kappa shape index (κ3) is 22.8. The summed E-state index contributed by atoms with van der Waals surface area (Å²) in [4.78, 5) is 0. The Morgan fingerprint density at radius 2 is 1.72 bits per heavy atom. The number of hydrogen-bond donors (Lipinski definition) is 2. The summed E-state index contributed by atoms with van der Waals surface area (Å²) in [6.45, 7) is 16.2. The highest BCUT2D eigenvalue weighted by atomic mass is 16.5. The first kappa shape index (κ1) is 32.3. The molecule has 1 heterocycles. The first-order chi connectivity index (χ1) is 14.1. The summed E-state index contributed by atoms with van der Waals surface area (Å²) >= 11 is 0. The van der Waals surface area contributed by atoms with E-state index in [4.69, 9.17) is 15.2 Å². The minimum absolute atomic E-state index is 0.266. The Morgan fingerprint density at radius 3 is 2.14 bits per heavy atom. The fourth-order valence-corrected chi connectivity index (χ4v) is 2.40. The van der Waals surface area contributed by atoms with Crippen LogP contribution in [0.3, 0.4) is 0 Å². The van der Waals surface area contributed by atoms with E-state index in [9.17, 15) is 0 Å². The molecule has 0 radical (unpaired) electrons. The van der Waals surface area contributed by atoms with Gasteiger partial charge in [0.1, 0.15) is 0 Å². The Morgan fingerprint density at radius 1 is 1.14 bits per heavy atom. The van der Waals surface area contributed by atoms with Crippen molar-refractivity contribution >= 4 is 0 Å². The second-order valence-corrected chi connectivity index (χ2v) is 6.56. The van der Waals surface area contributed by atoms with Gasteiger partial charge in [0.2, 0.25) is 0 Å². The molecule has 1 aromatic rings. The number of methoxy groups -OCH3 is 1. The third-order valence-corrected chi connectivity index (χ3v) is 3.81. The standard InChI is InChI=1S/C14H24N2.C5H10O2.2C2H6.C2H2/c1-12(2)11-16-9-8-14(15)10-13-6-4-3-5-7-13;1-6-5-2-3-7-4-5;3*1-2/h3-7,12,14,16H,8-11,15H2,1-2H3;5H,2-4H2,1H3;2*1-2H3;1-2H/t14-;;;;/m1..../s1. The van der Waals surface area contributed by atoms with Gasteiger partial charge in [-0.05, 0) is 43.8 Å². The normalized spacial score (nSPS) is 15.2. The third-order valence-electron chi connectivity index (χ3n) is 3.81. The van der Waals surface area contributed by atoms with Crippen LogP contribution in [0, 0.1) is 18.8 Å². The van der Waals surface area contributed by atoms with Crippen molar-refractivity contribution in [3.05, 3.63) is 35.9 Å². The van der Waals surface area contributed by atoms with Crippen LogP contribution in [0.4, 0.5) is 0 Å². The molecule has 0 aliphatic carbocycles. The lowest BCUT2D eigenvalue weighted by Gasteiger charge is -2.13. The van der Waals surface area contributed by atoms with Crippen molar-refractivity contribution in [2.75, 3.05) is 33.4 Å². The molecule has 1 saturated heterocycles. The van der Waals surface area contributed by atoms with E-state index < -0.39 is 0 Å². The minimum Gasteiger partial charge on any atom is -0.379 e. The highest BCUT2D eigenvalue weighted by molar-refractivity contribution is 5.15. The van der Waals surface area contributed by atoms with Crippen LogP contribution in [0.1, 0.15) is 59.9 Å². The number of ether oxygens (including phenoxy) is 2. The maximum Gasteiger partial charge on any atom is 0.0826 e. The Labute approximate surface area is 181 Å². The predicted molar refractivity (Wildman–Crippen MR) is 129 cm³/mol. The van der Waals surface area contributed by atoms with Crippen molar-refractivity contribution in [2.45, 2.75) is 73.0 Å². The molecule has 3 N–H and O–H groups in total. The topological polar surface area (TPSA) is 56.5 Å². The van der Waals surface area contributed by atoms with E-state index >= 15 is 0 Å². The van der Waals surface area contributed by atoms with Crippen molar-refractivity contribution in [1.29, 1.82) is 0 Å². The molecule has 0 amide bonds. The first-order valence-electron chi connectivity index (χ1n) is 11.1. The molecule has 0 aromatic heterocycles. The number of benzene rings is 1. The van der Waals surface area contributed by atoms with Crippen molar-refractivity contribution in [3.63, 3.8) is 0 Å². The van der Waals surface area contributed by atoms with E-state index in [2.05, 4.69) is 56.3 Å². The zero-order valence-corrected chi connectivity index (χ0v) is 20.1. The van der Waals surface area contributed by atoms with Gasteiger partial charge < -0.3 is 20.5 Å². The van der Waals surface area contributed by atoms with Crippen LogP contribution in [0.5, 0.6) is 0 Å². The average Bonchev–Trinajstić information content (AvgIpc) is 3.31. The summed E-state index contributed by atoms with van der Waals surface area (Å²) in [6.07, 6.45) is 11.5. The molecule has 0 saturated carbocycles. The molecule has 0 spiro atoms. The van der Waals surface area contributed by atoms with Gasteiger partial charge >= 0.3 is 0 Å². The Kier molecular flexibility index (Phi) is 29.6. The lowest BCUT2D eigenvalue weighted by Crippen LogP contribution is -2.30. The van der Waals surface area contributed by atoms with Gasteiger partial charge in [0.25, 0.3) is 0 Å². The second-order valence-electron chi connectivity index (χ2n) is 6.56. The van der Waals surface area contributed by atoms with Gasteiger partial charge in [-0.15, -0.1) is 12.8 Å². The fourth-order valence-electron chi connectivity index (χ4n) is 2.40. The minimum atomic E-state index is 0.266. The molecule has 0 bridgehead atoms. The Hall–Kier alpha value is -1.38. The monoisotopic (exact) mass is 408 g/mol. The van der Waals surface area contributed by atoms with Gasteiger partial charge in [0.15, 0.2) is 0 Å². The van der Waals surface area contributed by atoms with Gasteiger partial charge in [-0.1, -0.05) is 71.9 Å². The molecule has 29 heavy (non-hydrogen) atoms. The van der Waals surface area contributed by atoms with Gasteiger partial charge in [0, 0.05) is 19.8 Å². The van der Waals surface area contributed by atoms with Crippen molar-refractivity contribution in [1.82, 2.24) is 5.32 Å². The quantitative estimate of drug-likeness (QED) is 0.474.